The van der Waals surface area contributed by atoms with Crippen LogP contribution in [-0.4, -0.2) is 24.4 Å². The van der Waals surface area contributed by atoms with Gasteiger partial charge in [-0.05, 0) is 56.7 Å². The Morgan fingerprint density at radius 3 is 2.61 bits per heavy atom. The molecule has 1 saturated carbocycles. The summed E-state index contributed by atoms with van der Waals surface area (Å²) in [5, 5.41) is 9.40. The van der Waals surface area contributed by atoms with Crippen LogP contribution in [0.2, 0.25) is 0 Å². The van der Waals surface area contributed by atoms with Crippen molar-refractivity contribution in [2.75, 3.05) is 7.11 Å². The van der Waals surface area contributed by atoms with Crippen LogP contribution in [0.3, 0.4) is 0 Å². The van der Waals surface area contributed by atoms with E-state index in [0.29, 0.717) is 12.5 Å². The van der Waals surface area contributed by atoms with E-state index < -0.39 is 0 Å². The van der Waals surface area contributed by atoms with Gasteiger partial charge in [-0.25, -0.2) is 0 Å². The van der Waals surface area contributed by atoms with Crippen molar-refractivity contribution >= 4 is 0 Å². The fraction of sp³-hybridized carbons (Fsp3) is 0.600. The van der Waals surface area contributed by atoms with Crippen molar-refractivity contribution in [3.05, 3.63) is 23.8 Å². The highest BCUT2D eigenvalue weighted by atomic mass is 16.5. The lowest BCUT2D eigenvalue weighted by atomic mass is 10.1. The molecule has 1 atom stereocenters. The van der Waals surface area contributed by atoms with Crippen molar-refractivity contribution < 1.29 is 14.6 Å². The molecule has 100 valence electrons. The number of methoxy groups -OCH3 is 1. The first-order valence-corrected chi connectivity index (χ1v) is 6.70. The molecule has 0 aliphatic heterocycles. The zero-order valence-corrected chi connectivity index (χ0v) is 11.2. The molecule has 3 nitrogen and oxygen atoms in total. The standard InChI is InChI=1S/C15H22O3/c1-11(16)9-12-7-8-14(15(10-12)17-2)18-13-5-3-4-6-13/h7-8,10-11,13,16H,3-6,9H2,1-2H3. The zero-order valence-electron chi connectivity index (χ0n) is 11.2. The van der Waals surface area contributed by atoms with Gasteiger partial charge in [0.25, 0.3) is 0 Å². The maximum atomic E-state index is 9.40. The Morgan fingerprint density at radius 1 is 1.28 bits per heavy atom. The molecule has 0 aromatic heterocycles. The fourth-order valence-corrected chi connectivity index (χ4v) is 2.46. The minimum Gasteiger partial charge on any atom is -0.493 e. The summed E-state index contributed by atoms with van der Waals surface area (Å²) in [6.07, 6.45) is 5.43. The first kappa shape index (κ1) is 13.2. The smallest absolute Gasteiger partial charge is 0.161 e. The average Bonchev–Trinajstić information content (AvgIpc) is 2.83. The Labute approximate surface area is 109 Å². The minimum absolute atomic E-state index is 0.335. The van der Waals surface area contributed by atoms with E-state index in [4.69, 9.17) is 9.47 Å². The van der Waals surface area contributed by atoms with E-state index in [0.717, 1.165) is 29.9 Å². The van der Waals surface area contributed by atoms with Gasteiger partial charge in [-0.3, -0.25) is 0 Å². The number of hydrogen-bond donors (Lipinski definition) is 1. The molecule has 1 aromatic rings. The van der Waals surface area contributed by atoms with E-state index in [2.05, 4.69) is 0 Å². The summed E-state index contributed by atoms with van der Waals surface area (Å²) in [4.78, 5) is 0. The van der Waals surface area contributed by atoms with E-state index in [9.17, 15) is 5.11 Å². The summed E-state index contributed by atoms with van der Waals surface area (Å²) < 4.78 is 11.3. The van der Waals surface area contributed by atoms with Gasteiger partial charge in [-0.1, -0.05) is 6.07 Å². The molecule has 1 unspecified atom stereocenters. The summed E-state index contributed by atoms with van der Waals surface area (Å²) >= 11 is 0. The summed E-state index contributed by atoms with van der Waals surface area (Å²) in [5.41, 5.74) is 1.07. The van der Waals surface area contributed by atoms with Gasteiger partial charge in [0.2, 0.25) is 0 Å². The van der Waals surface area contributed by atoms with Crippen molar-refractivity contribution in [1.82, 2.24) is 0 Å². The van der Waals surface area contributed by atoms with E-state index in [1.165, 1.54) is 12.8 Å². The molecular weight excluding hydrogens is 228 g/mol. The average molecular weight is 250 g/mol. The lowest BCUT2D eigenvalue weighted by molar-refractivity contribution is 0.193. The van der Waals surface area contributed by atoms with Gasteiger partial charge in [0.05, 0.1) is 19.3 Å². The van der Waals surface area contributed by atoms with Crippen LogP contribution in [0.15, 0.2) is 18.2 Å². The number of benzene rings is 1. The van der Waals surface area contributed by atoms with Crippen LogP contribution in [0.25, 0.3) is 0 Å². The van der Waals surface area contributed by atoms with Gasteiger partial charge < -0.3 is 14.6 Å². The van der Waals surface area contributed by atoms with Crippen LogP contribution >= 0.6 is 0 Å². The Bertz CT molecular complexity index is 381. The summed E-state index contributed by atoms with van der Waals surface area (Å²) in [7, 11) is 1.66. The Kier molecular flexibility index (Phi) is 4.48. The summed E-state index contributed by atoms with van der Waals surface area (Å²) in [6, 6.07) is 5.91. The fourth-order valence-electron chi connectivity index (χ4n) is 2.46. The molecule has 1 N–H and O–H groups in total. The molecule has 1 aliphatic rings. The van der Waals surface area contributed by atoms with Gasteiger partial charge in [0, 0.05) is 0 Å². The highest BCUT2D eigenvalue weighted by Gasteiger charge is 2.18. The third kappa shape index (κ3) is 3.39. The number of aliphatic hydroxyl groups excluding tert-OH is 1. The van der Waals surface area contributed by atoms with Crippen LogP contribution in [-0.2, 0) is 6.42 Å². The van der Waals surface area contributed by atoms with Crippen LogP contribution in [0.1, 0.15) is 38.2 Å². The van der Waals surface area contributed by atoms with Crippen molar-refractivity contribution in [3.8, 4) is 11.5 Å². The van der Waals surface area contributed by atoms with Gasteiger partial charge in [-0.2, -0.15) is 0 Å². The van der Waals surface area contributed by atoms with Gasteiger partial charge in [0.1, 0.15) is 0 Å². The molecule has 3 heteroatoms. The van der Waals surface area contributed by atoms with Crippen molar-refractivity contribution in [1.29, 1.82) is 0 Å². The van der Waals surface area contributed by atoms with E-state index in [1.54, 1.807) is 14.0 Å². The Balaban J connectivity index is 2.09. The molecule has 1 aliphatic carbocycles. The molecule has 18 heavy (non-hydrogen) atoms. The van der Waals surface area contributed by atoms with Gasteiger partial charge in [0.15, 0.2) is 11.5 Å². The second-order valence-electron chi connectivity index (χ2n) is 5.06. The normalized spacial score (nSPS) is 17.7. The van der Waals surface area contributed by atoms with Crippen LogP contribution < -0.4 is 9.47 Å². The Morgan fingerprint density at radius 2 is 2.00 bits per heavy atom. The molecule has 1 fully saturated rings. The largest absolute Gasteiger partial charge is 0.493 e. The molecule has 0 amide bonds. The van der Waals surface area contributed by atoms with Crippen LogP contribution in [0.4, 0.5) is 0 Å². The van der Waals surface area contributed by atoms with E-state index in [1.807, 2.05) is 18.2 Å². The maximum absolute atomic E-state index is 9.40. The molecule has 1 aromatic carbocycles. The van der Waals surface area contributed by atoms with Crippen molar-refractivity contribution in [2.45, 2.75) is 51.2 Å². The molecule has 0 saturated heterocycles. The van der Waals surface area contributed by atoms with Crippen molar-refractivity contribution in [3.63, 3.8) is 0 Å². The molecule has 0 spiro atoms. The predicted molar refractivity (Wildman–Crippen MR) is 71.3 cm³/mol. The molecule has 0 bridgehead atoms. The van der Waals surface area contributed by atoms with Gasteiger partial charge >= 0.3 is 0 Å². The number of rotatable bonds is 5. The predicted octanol–water partition coefficient (Wildman–Crippen LogP) is 2.94. The third-order valence-electron chi connectivity index (χ3n) is 3.35. The summed E-state index contributed by atoms with van der Waals surface area (Å²) in [6.45, 7) is 1.79. The Hall–Kier alpha value is -1.22. The highest BCUT2D eigenvalue weighted by Crippen LogP contribution is 2.32. The minimum atomic E-state index is -0.337. The topological polar surface area (TPSA) is 38.7 Å². The van der Waals surface area contributed by atoms with Crippen molar-refractivity contribution in [2.24, 2.45) is 0 Å². The lowest BCUT2D eigenvalue weighted by Gasteiger charge is -2.17. The SMILES string of the molecule is COc1cc(CC(C)O)ccc1OC1CCCC1. The second kappa shape index (κ2) is 6.10. The highest BCUT2D eigenvalue weighted by molar-refractivity contribution is 5.43. The molecular formula is C15H22O3. The first-order chi connectivity index (χ1) is 8.69. The number of aliphatic hydroxyl groups is 1. The molecule has 2 rings (SSSR count). The lowest BCUT2D eigenvalue weighted by Crippen LogP contribution is -2.12. The van der Waals surface area contributed by atoms with Crippen LogP contribution in [0.5, 0.6) is 11.5 Å². The second-order valence-corrected chi connectivity index (χ2v) is 5.06. The first-order valence-electron chi connectivity index (χ1n) is 6.70. The summed E-state index contributed by atoms with van der Waals surface area (Å²) in [5.74, 6) is 1.58. The van der Waals surface area contributed by atoms with E-state index >= 15 is 0 Å². The molecule has 0 radical (unpaired) electrons. The van der Waals surface area contributed by atoms with Crippen LogP contribution in [0, 0.1) is 0 Å². The van der Waals surface area contributed by atoms with Gasteiger partial charge in [-0.15, -0.1) is 0 Å². The van der Waals surface area contributed by atoms with E-state index in [-0.39, 0.29) is 6.10 Å². The number of ether oxygens (including phenoxy) is 2. The third-order valence-corrected chi connectivity index (χ3v) is 3.35. The molecule has 0 heterocycles. The monoisotopic (exact) mass is 250 g/mol. The maximum Gasteiger partial charge on any atom is 0.161 e. The zero-order chi connectivity index (χ0) is 13.0. The quantitative estimate of drug-likeness (QED) is 0.873. The number of hydrogen-bond acceptors (Lipinski definition) is 3.